The van der Waals surface area contributed by atoms with E-state index in [2.05, 4.69) is 58.7 Å². The van der Waals surface area contributed by atoms with Crippen molar-refractivity contribution in [3.05, 3.63) is 46.8 Å². The molecule has 1 aromatic carbocycles. The molecule has 0 fully saturated rings. The first kappa shape index (κ1) is 14.3. The molecule has 4 heteroatoms. The Hall–Kier alpha value is -2.10. The van der Waals surface area contributed by atoms with Gasteiger partial charge in [-0.1, -0.05) is 29.8 Å². The van der Waals surface area contributed by atoms with Gasteiger partial charge in [-0.25, -0.2) is 9.97 Å². The number of hydrogen-bond acceptors (Lipinski definition) is 4. The van der Waals surface area contributed by atoms with Crippen molar-refractivity contribution in [2.75, 3.05) is 17.2 Å². The van der Waals surface area contributed by atoms with Gasteiger partial charge in [0, 0.05) is 18.7 Å². The average Bonchev–Trinajstić information content (AvgIpc) is 2.43. The third-order valence-corrected chi connectivity index (χ3v) is 3.18. The summed E-state index contributed by atoms with van der Waals surface area (Å²) in [7, 11) is 0. The first-order valence-electron chi connectivity index (χ1n) is 6.98. The molecule has 0 bridgehead atoms. The molecule has 0 spiro atoms. The summed E-state index contributed by atoms with van der Waals surface area (Å²) in [5, 5.41) is 6.67. The fraction of sp³-hybridized carbons (Fsp3) is 0.375. The van der Waals surface area contributed by atoms with Gasteiger partial charge >= 0.3 is 0 Å². The molecule has 0 radical (unpaired) electrons. The summed E-state index contributed by atoms with van der Waals surface area (Å²) in [5.41, 5.74) is 3.58. The van der Waals surface area contributed by atoms with Crippen molar-refractivity contribution in [1.82, 2.24) is 9.97 Å². The molecule has 0 aliphatic rings. The molecule has 2 aromatic rings. The van der Waals surface area contributed by atoms with E-state index in [1.54, 1.807) is 0 Å². The van der Waals surface area contributed by atoms with Gasteiger partial charge in [0.1, 0.15) is 17.5 Å². The molecule has 2 rings (SSSR count). The predicted molar refractivity (Wildman–Crippen MR) is 84.2 cm³/mol. The summed E-state index contributed by atoms with van der Waals surface area (Å²) in [4.78, 5) is 8.91. The number of aryl methyl sites for hydroxylation is 2. The number of nitrogens with one attached hydrogen (secondary N) is 2. The van der Waals surface area contributed by atoms with Gasteiger partial charge in [0.15, 0.2) is 0 Å². The van der Waals surface area contributed by atoms with Crippen LogP contribution in [0.1, 0.15) is 29.4 Å². The summed E-state index contributed by atoms with van der Waals surface area (Å²) < 4.78 is 0. The van der Waals surface area contributed by atoms with Crippen molar-refractivity contribution >= 4 is 11.6 Å². The summed E-state index contributed by atoms with van der Waals surface area (Å²) in [5.74, 6) is 2.58. The third-order valence-electron chi connectivity index (χ3n) is 3.18. The van der Waals surface area contributed by atoms with E-state index >= 15 is 0 Å². The van der Waals surface area contributed by atoms with Crippen LogP contribution in [0.4, 0.5) is 11.6 Å². The van der Waals surface area contributed by atoms with Gasteiger partial charge in [-0.15, -0.1) is 0 Å². The molecule has 1 heterocycles. The van der Waals surface area contributed by atoms with Crippen LogP contribution in [0, 0.1) is 20.8 Å². The van der Waals surface area contributed by atoms with Crippen molar-refractivity contribution in [2.45, 2.75) is 34.2 Å². The van der Waals surface area contributed by atoms with E-state index in [0.717, 1.165) is 36.1 Å². The van der Waals surface area contributed by atoms with Crippen LogP contribution >= 0.6 is 0 Å². The van der Waals surface area contributed by atoms with E-state index in [1.807, 2.05) is 13.8 Å². The van der Waals surface area contributed by atoms with Crippen molar-refractivity contribution in [2.24, 2.45) is 0 Å². The highest BCUT2D eigenvalue weighted by Crippen LogP contribution is 2.20. The van der Waals surface area contributed by atoms with E-state index in [0.29, 0.717) is 0 Å². The normalized spacial score (nSPS) is 10.4. The van der Waals surface area contributed by atoms with E-state index in [9.17, 15) is 0 Å². The lowest BCUT2D eigenvalue weighted by Gasteiger charge is -2.13. The Morgan fingerprint density at radius 2 is 1.50 bits per heavy atom. The summed E-state index contributed by atoms with van der Waals surface area (Å²) in [6.45, 7) is 9.73. The molecule has 0 saturated carbocycles. The number of nitrogens with zero attached hydrogens (tertiary/aromatic N) is 2. The zero-order chi connectivity index (χ0) is 14.5. The molecule has 4 nitrogen and oxygen atoms in total. The summed E-state index contributed by atoms with van der Waals surface area (Å²) in [6, 6.07) is 8.52. The second kappa shape index (κ2) is 6.37. The molecular formula is C16H22N4. The lowest BCUT2D eigenvalue weighted by molar-refractivity contribution is 0.992. The van der Waals surface area contributed by atoms with Crippen LogP contribution in [0.3, 0.4) is 0 Å². The molecule has 2 N–H and O–H groups in total. The minimum absolute atomic E-state index is 0.767. The Balaban J connectivity index is 2.14. The maximum atomic E-state index is 4.49. The molecule has 106 valence electrons. The van der Waals surface area contributed by atoms with Gasteiger partial charge < -0.3 is 10.6 Å². The fourth-order valence-corrected chi connectivity index (χ4v) is 2.03. The van der Waals surface area contributed by atoms with Crippen molar-refractivity contribution in [1.29, 1.82) is 0 Å². The largest absolute Gasteiger partial charge is 0.370 e. The molecular weight excluding hydrogens is 248 g/mol. The average molecular weight is 270 g/mol. The first-order valence-corrected chi connectivity index (χ1v) is 6.98. The van der Waals surface area contributed by atoms with Crippen LogP contribution < -0.4 is 10.6 Å². The van der Waals surface area contributed by atoms with Gasteiger partial charge in [0.05, 0.1) is 0 Å². The summed E-state index contributed by atoms with van der Waals surface area (Å²) >= 11 is 0. The maximum Gasteiger partial charge on any atom is 0.135 e. The Kier molecular flexibility index (Phi) is 4.56. The Bertz CT molecular complexity index is 576. The van der Waals surface area contributed by atoms with Crippen molar-refractivity contribution < 1.29 is 0 Å². The van der Waals surface area contributed by atoms with Gasteiger partial charge in [-0.2, -0.15) is 0 Å². The van der Waals surface area contributed by atoms with Crippen LogP contribution in [0.5, 0.6) is 0 Å². The van der Waals surface area contributed by atoms with Gasteiger partial charge in [-0.05, 0) is 33.3 Å². The molecule has 0 atom stereocenters. The van der Waals surface area contributed by atoms with Crippen molar-refractivity contribution in [3.63, 3.8) is 0 Å². The maximum absolute atomic E-state index is 4.49. The summed E-state index contributed by atoms with van der Waals surface area (Å²) in [6.07, 6.45) is 0. The minimum atomic E-state index is 0.767. The van der Waals surface area contributed by atoms with Crippen molar-refractivity contribution in [3.8, 4) is 0 Å². The quantitative estimate of drug-likeness (QED) is 0.873. The Labute approximate surface area is 120 Å². The standard InChI is InChI=1S/C16H22N4/c1-5-17-15-12(3)16(20-13(4)19-15)18-10-14-8-6-11(2)7-9-14/h6-9H,5,10H2,1-4H3,(H2,17,18,19,20). The van der Waals surface area contributed by atoms with Crippen LogP contribution in [-0.4, -0.2) is 16.5 Å². The highest BCUT2D eigenvalue weighted by Gasteiger charge is 2.08. The van der Waals surface area contributed by atoms with Crippen LogP contribution in [0.2, 0.25) is 0 Å². The minimum Gasteiger partial charge on any atom is -0.370 e. The molecule has 0 unspecified atom stereocenters. The van der Waals surface area contributed by atoms with Gasteiger partial charge in [-0.3, -0.25) is 0 Å². The number of rotatable bonds is 5. The molecule has 0 aliphatic carbocycles. The first-order chi connectivity index (χ1) is 9.60. The Morgan fingerprint density at radius 1 is 0.900 bits per heavy atom. The molecule has 0 amide bonds. The highest BCUT2D eigenvalue weighted by molar-refractivity contribution is 5.57. The number of anilines is 2. The molecule has 1 aromatic heterocycles. The monoisotopic (exact) mass is 270 g/mol. The SMILES string of the molecule is CCNc1nc(C)nc(NCc2ccc(C)cc2)c1C. The fourth-order valence-electron chi connectivity index (χ4n) is 2.03. The van der Waals surface area contributed by atoms with Crippen LogP contribution in [0.15, 0.2) is 24.3 Å². The van der Waals surface area contributed by atoms with E-state index in [-0.39, 0.29) is 0 Å². The second-order valence-electron chi connectivity index (χ2n) is 4.96. The lowest BCUT2D eigenvalue weighted by atomic mass is 10.1. The third kappa shape index (κ3) is 3.47. The zero-order valence-corrected chi connectivity index (χ0v) is 12.6. The number of benzene rings is 1. The van der Waals surface area contributed by atoms with Crippen LogP contribution in [0.25, 0.3) is 0 Å². The number of aromatic nitrogens is 2. The predicted octanol–water partition coefficient (Wildman–Crippen LogP) is 3.45. The highest BCUT2D eigenvalue weighted by atomic mass is 15.1. The van der Waals surface area contributed by atoms with E-state index in [4.69, 9.17) is 0 Å². The number of hydrogen-bond donors (Lipinski definition) is 2. The zero-order valence-electron chi connectivity index (χ0n) is 12.6. The molecule has 0 saturated heterocycles. The lowest BCUT2D eigenvalue weighted by Crippen LogP contribution is -2.09. The topological polar surface area (TPSA) is 49.8 Å². The second-order valence-corrected chi connectivity index (χ2v) is 4.96. The van der Waals surface area contributed by atoms with E-state index < -0.39 is 0 Å². The Morgan fingerprint density at radius 3 is 2.10 bits per heavy atom. The molecule has 0 aliphatic heterocycles. The van der Waals surface area contributed by atoms with Gasteiger partial charge in [0.2, 0.25) is 0 Å². The molecule has 20 heavy (non-hydrogen) atoms. The smallest absolute Gasteiger partial charge is 0.135 e. The van der Waals surface area contributed by atoms with Crippen LogP contribution in [-0.2, 0) is 6.54 Å². The van der Waals surface area contributed by atoms with E-state index in [1.165, 1.54) is 11.1 Å². The van der Waals surface area contributed by atoms with Gasteiger partial charge in [0.25, 0.3) is 0 Å².